The zero-order valence-corrected chi connectivity index (χ0v) is 15.7. The molecule has 27 heavy (non-hydrogen) atoms. The lowest BCUT2D eigenvalue weighted by Gasteiger charge is -2.32. The molecule has 1 aliphatic heterocycles. The smallest absolute Gasteiger partial charge is 0.231 e. The highest BCUT2D eigenvalue weighted by Gasteiger charge is 2.32. The third-order valence-electron chi connectivity index (χ3n) is 4.70. The van der Waals surface area contributed by atoms with Gasteiger partial charge < -0.3 is 19.7 Å². The number of benzene rings is 1. The Hall–Kier alpha value is -3.09. The molecule has 7 heteroatoms. The second-order valence-electron chi connectivity index (χ2n) is 6.41. The van der Waals surface area contributed by atoms with E-state index in [1.807, 2.05) is 24.3 Å². The molecule has 0 fully saturated rings. The zero-order chi connectivity index (χ0) is 19.4. The van der Waals surface area contributed by atoms with Crippen molar-refractivity contribution in [3.63, 3.8) is 0 Å². The Kier molecular flexibility index (Phi) is 5.59. The minimum absolute atomic E-state index is 0.0535. The van der Waals surface area contributed by atoms with Crippen molar-refractivity contribution in [2.45, 2.75) is 25.9 Å². The van der Waals surface area contributed by atoms with Gasteiger partial charge in [-0.1, -0.05) is 12.1 Å². The molecule has 0 spiro atoms. The van der Waals surface area contributed by atoms with Crippen LogP contribution in [0.1, 0.15) is 29.7 Å². The standard InChI is InChI=1S/C20H23N3O4/c1-13(24)23-11-15-5-4-8-21-19(15)16(12-23)20(25)22-10-14-6-7-17(26-2)18(9-14)27-3/h4-9,16H,10-12H2,1-3H3,(H,22,25). The molecule has 0 saturated carbocycles. The minimum Gasteiger partial charge on any atom is -0.493 e. The minimum atomic E-state index is -0.487. The van der Waals surface area contributed by atoms with Crippen LogP contribution in [0.5, 0.6) is 11.5 Å². The Morgan fingerprint density at radius 3 is 2.70 bits per heavy atom. The monoisotopic (exact) mass is 369 g/mol. The normalized spacial score (nSPS) is 15.7. The number of carbonyl (C=O) groups is 2. The van der Waals surface area contributed by atoms with Crippen molar-refractivity contribution in [2.75, 3.05) is 20.8 Å². The topological polar surface area (TPSA) is 80.8 Å². The van der Waals surface area contributed by atoms with E-state index in [-0.39, 0.29) is 11.8 Å². The van der Waals surface area contributed by atoms with Gasteiger partial charge in [0.25, 0.3) is 0 Å². The number of nitrogens with zero attached hydrogens (tertiary/aromatic N) is 2. The predicted octanol–water partition coefficient (Wildman–Crippen LogP) is 1.86. The van der Waals surface area contributed by atoms with Gasteiger partial charge in [0.2, 0.25) is 11.8 Å². The first-order chi connectivity index (χ1) is 13.0. The first kappa shape index (κ1) is 18.7. The number of methoxy groups -OCH3 is 2. The first-order valence-corrected chi connectivity index (χ1v) is 8.71. The summed E-state index contributed by atoms with van der Waals surface area (Å²) in [5.41, 5.74) is 2.53. The quantitative estimate of drug-likeness (QED) is 0.870. The lowest BCUT2D eigenvalue weighted by molar-refractivity contribution is -0.131. The number of nitrogens with one attached hydrogen (secondary N) is 1. The second kappa shape index (κ2) is 8.07. The molecule has 3 rings (SSSR count). The van der Waals surface area contributed by atoms with Crippen LogP contribution in [-0.2, 0) is 22.7 Å². The van der Waals surface area contributed by atoms with Crippen molar-refractivity contribution >= 4 is 11.8 Å². The third-order valence-corrected chi connectivity index (χ3v) is 4.70. The molecule has 7 nitrogen and oxygen atoms in total. The fourth-order valence-corrected chi connectivity index (χ4v) is 3.23. The van der Waals surface area contributed by atoms with Crippen LogP contribution in [0.4, 0.5) is 0 Å². The number of amides is 2. The molecular formula is C20H23N3O4. The predicted molar refractivity (Wildman–Crippen MR) is 99.5 cm³/mol. The molecular weight excluding hydrogens is 346 g/mol. The summed E-state index contributed by atoms with van der Waals surface area (Å²) in [7, 11) is 3.15. The summed E-state index contributed by atoms with van der Waals surface area (Å²) >= 11 is 0. The van der Waals surface area contributed by atoms with Gasteiger partial charge >= 0.3 is 0 Å². The molecule has 0 saturated heterocycles. The summed E-state index contributed by atoms with van der Waals surface area (Å²) in [6, 6.07) is 9.23. The van der Waals surface area contributed by atoms with Gasteiger partial charge in [-0.15, -0.1) is 0 Å². The average molecular weight is 369 g/mol. The van der Waals surface area contributed by atoms with Crippen molar-refractivity contribution in [3.8, 4) is 11.5 Å². The molecule has 2 aromatic rings. The van der Waals surface area contributed by atoms with Gasteiger partial charge in [0.15, 0.2) is 11.5 Å². The molecule has 1 N–H and O–H groups in total. The summed E-state index contributed by atoms with van der Waals surface area (Å²) in [6.07, 6.45) is 1.68. The lowest BCUT2D eigenvalue weighted by Crippen LogP contribution is -2.43. The molecule has 1 unspecified atom stereocenters. The first-order valence-electron chi connectivity index (χ1n) is 8.71. The maximum Gasteiger partial charge on any atom is 0.231 e. The molecule has 2 heterocycles. The number of pyridine rings is 1. The van der Waals surface area contributed by atoms with E-state index in [4.69, 9.17) is 9.47 Å². The van der Waals surface area contributed by atoms with Gasteiger partial charge in [-0.25, -0.2) is 0 Å². The van der Waals surface area contributed by atoms with E-state index < -0.39 is 5.92 Å². The number of rotatable bonds is 5. The molecule has 1 aromatic heterocycles. The molecule has 1 aliphatic rings. The highest BCUT2D eigenvalue weighted by atomic mass is 16.5. The van der Waals surface area contributed by atoms with Gasteiger partial charge in [0.1, 0.15) is 0 Å². The van der Waals surface area contributed by atoms with Crippen molar-refractivity contribution < 1.29 is 19.1 Å². The maximum absolute atomic E-state index is 12.8. The maximum atomic E-state index is 12.8. The van der Waals surface area contributed by atoms with Crippen LogP contribution in [0, 0.1) is 0 Å². The summed E-state index contributed by atoms with van der Waals surface area (Å²) in [6.45, 7) is 2.67. The second-order valence-corrected chi connectivity index (χ2v) is 6.41. The van der Waals surface area contributed by atoms with Crippen LogP contribution < -0.4 is 14.8 Å². The van der Waals surface area contributed by atoms with Crippen LogP contribution in [-0.4, -0.2) is 42.5 Å². The summed E-state index contributed by atoms with van der Waals surface area (Å²) < 4.78 is 10.5. The van der Waals surface area contributed by atoms with E-state index in [1.54, 1.807) is 31.4 Å². The van der Waals surface area contributed by atoms with Crippen molar-refractivity contribution in [1.82, 2.24) is 15.2 Å². The Balaban J connectivity index is 1.75. The van der Waals surface area contributed by atoms with E-state index in [9.17, 15) is 9.59 Å². The summed E-state index contributed by atoms with van der Waals surface area (Å²) in [5.74, 6) is 0.545. The summed E-state index contributed by atoms with van der Waals surface area (Å²) in [5, 5.41) is 2.94. The Bertz CT molecular complexity index is 853. The van der Waals surface area contributed by atoms with Crippen molar-refractivity contribution in [1.29, 1.82) is 0 Å². The van der Waals surface area contributed by atoms with E-state index in [1.165, 1.54) is 6.92 Å². The van der Waals surface area contributed by atoms with E-state index in [0.29, 0.717) is 31.1 Å². The number of aromatic nitrogens is 1. The highest BCUT2D eigenvalue weighted by molar-refractivity contribution is 5.85. The van der Waals surface area contributed by atoms with Crippen LogP contribution in [0.15, 0.2) is 36.5 Å². The molecule has 1 aromatic carbocycles. The molecule has 0 aliphatic carbocycles. The number of hydrogen-bond acceptors (Lipinski definition) is 5. The molecule has 2 amide bonds. The lowest BCUT2D eigenvalue weighted by atomic mass is 9.93. The Labute approximate surface area is 158 Å². The molecule has 1 atom stereocenters. The fraction of sp³-hybridized carbons (Fsp3) is 0.350. The largest absolute Gasteiger partial charge is 0.493 e. The zero-order valence-electron chi connectivity index (χ0n) is 15.7. The van der Waals surface area contributed by atoms with E-state index in [2.05, 4.69) is 10.3 Å². The number of ether oxygens (including phenoxy) is 2. The van der Waals surface area contributed by atoms with Crippen LogP contribution >= 0.6 is 0 Å². The fourth-order valence-electron chi connectivity index (χ4n) is 3.23. The number of fused-ring (bicyclic) bond motifs is 1. The van der Waals surface area contributed by atoms with Gasteiger partial charge in [0.05, 0.1) is 25.8 Å². The molecule has 142 valence electrons. The van der Waals surface area contributed by atoms with Gasteiger partial charge in [0, 0.05) is 32.8 Å². The Morgan fingerprint density at radius 1 is 1.22 bits per heavy atom. The van der Waals surface area contributed by atoms with Gasteiger partial charge in [-0.2, -0.15) is 0 Å². The Morgan fingerprint density at radius 2 is 2.00 bits per heavy atom. The van der Waals surface area contributed by atoms with Crippen molar-refractivity contribution in [3.05, 3.63) is 53.3 Å². The number of carbonyl (C=O) groups excluding carboxylic acids is 2. The third kappa shape index (κ3) is 4.02. The van der Waals surface area contributed by atoms with Gasteiger partial charge in [-0.05, 0) is 29.3 Å². The van der Waals surface area contributed by atoms with E-state index in [0.717, 1.165) is 16.8 Å². The van der Waals surface area contributed by atoms with Crippen LogP contribution in [0.25, 0.3) is 0 Å². The highest BCUT2D eigenvalue weighted by Crippen LogP contribution is 2.29. The number of hydrogen-bond donors (Lipinski definition) is 1. The van der Waals surface area contributed by atoms with Crippen molar-refractivity contribution in [2.24, 2.45) is 0 Å². The molecule has 0 bridgehead atoms. The SMILES string of the molecule is COc1ccc(CNC(=O)C2CN(C(C)=O)Cc3cccnc32)cc1OC. The van der Waals surface area contributed by atoms with Gasteiger partial charge in [-0.3, -0.25) is 14.6 Å². The molecule has 0 radical (unpaired) electrons. The van der Waals surface area contributed by atoms with Crippen LogP contribution in [0.2, 0.25) is 0 Å². The van der Waals surface area contributed by atoms with Crippen LogP contribution in [0.3, 0.4) is 0 Å². The summed E-state index contributed by atoms with van der Waals surface area (Å²) in [4.78, 5) is 30.7. The average Bonchev–Trinajstić information content (AvgIpc) is 2.70. The van der Waals surface area contributed by atoms with E-state index >= 15 is 0 Å².